The van der Waals surface area contributed by atoms with Crippen LogP contribution >= 0.6 is 11.3 Å². The monoisotopic (exact) mass is 384 g/mol. The van der Waals surface area contributed by atoms with Gasteiger partial charge in [-0.25, -0.2) is 9.97 Å². The maximum Gasteiger partial charge on any atom is 0.188 e. The summed E-state index contributed by atoms with van der Waals surface area (Å²) in [6.07, 6.45) is 5.50. The van der Waals surface area contributed by atoms with Crippen LogP contribution in [0.25, 0.3) is 32.6 Å². The number of fused-ring (bicyclic) bond motifs is 1. The molecule has 1 aromatic carbocycles. The van der Waals surface area contributed by atoms with Gasteiger partial charge in [0.05, 0.1) is 10.4 Å². The van der Waals surface area contributed by atoms with Crippen molar-refractivity contribution in [3.63, 3.8) is 0 Å². The standard InChI is InChI=1S/C21H16N6S/c1-13-9-15(7-8-22-13)20-16-11-23-19(10-17(16)26-27-20)25-21-24-12-18(28-21)14-5-3-2-4-6-14/h2-12H,1H3,(H,26,27)(H,23,24,25). The highest BCUT2D eigenvalue weighted by Crippen LogP contribution is 2.31. The summed E-state index contributed by atoms with van der Waals surface area (Å²) in [4.78, 5) is 14.4. The predicted octanol–water partition coefficient (Wildman–Crippen LogP) is 5.20. The minimum atomic E-state index is 0.725. The van der Waals surface area contributed by atoms with Crippen LogP contribution in [0.2, 0.25) is 0 Å². The first-order valence-corrected chi connectivity index (χ1v) is 9.63. The molecule has 28 heavy (non-hydrogen) atoms. The summed E-state index contributed by atoms with van der Waals surface area (Å²) in [5, 5.41) is 12.6. The lowest BCUT2D eigenvalue weighted by Crippen LogP contribution is -1.92. The van der Waals surface area contributed by atoms with E-state index in [4.69, 9.17) is 0 Å². The maximum atomic E-state index is 4.54. The van der Waals surface area contributed by atoms with E-state index in [2.05, 4.69) is 42.6 Å². The van der Waals surface area contributed by atoms with Crippen LogP contribution in [0.3, 0.4) is 0 Å². The molecule has 5 aromatic rings. The van der Waals surface area contributed by atoms with Crippen molar-refractivity contribution in [1.82, 2.24) is 25.1 Å². The Morgan fingerprint density at radius 1 is 0.929 bits per heavy atom. The Labute approximate surface area is 165 Å². The molecule has 2 N–H and O–H groups in total. The van der Waals surface area contributed by atoms with Gasteiger partial charge in [-0.15, -0.1) is 0 Å². The highest BCUT2D eigenvalue weighted by molar-refractivity contribution is 7.18. The molecular formula is C21H16N6S. The second-order valence-corrected chi connectivity index (χ2v) is 7.42. The smallest absolute Gasteiger partial charge is 0.188 e. The number of H-pyrrole nitrogens is 1. The Morgan fingerprint density at radius 2 is 1.82 bits per heavy atom. The number of pyridine rings is 2. The number of aromatic nitrogens is 5. The van der Waals surface area contributed by atoms with E-state index in [1.54, 1.807) is 17.5 Å². The molecule has 0 aliphatic heterocycles. The van der Waals surface area contributed by atoms with E-state index >= 15 is 0 Å². The molecule has 0 unspecified atom stereocenters. The van der Waals surface area contributed by atoms with Crippen LogP contribution in [-0.2, 0) is 0 Å². The van der Waals surface area contributed by atoms with E-state index in [-0.39, 0.29) is 0 Å². The number of thiazole rings is 1. The summed E-state index contributed by atoms with van der Waals surface area (Å²) in [6, 6.07) is 16.1. The fraction of sp³-hybridized carbons (Fsp3) is 0.0476. The average Bonchev–Trinajstić information content (AvgIpc) is 3.35. The largest absolute Gasteiger partial charge is 0.316 e. The molecule has 0 saturated carbocycles. The highest BCUT2D eigenvalue weighted by Gasteiger charge is 2.11. The van der Waals surface area contributed by atoms with E-state index in [0.717, 1.165) is 49.2 Å². The second-order valence-electron chi connectivity index (χ2n) is 6.39. The molecule has 0 bridgehead atoms. The van der Waals surface area contributed by atoms with Crippen LogP contribution in [0.15, 0.2) is 67.1 Å². The van der Waals surface area contributed by atoms with Gasteiger partial charge in [0, 0.05) is 41.3 Å². The molecule has 0 aliphatic carbocycles. The molecular weight excluding hydrogens is 368 g/mol. The maximum absolute atomic E-state index is 4.54. The van der Waals surface area contributed by atoms with Gasteiger partial charge in [-0.2, -0.15) is 5.10 Å². The van der Waals surface area contributed by atoms with E-state index in [9.17, 15) is 0 Å². The van der Waals surface area contributed by atoms with Gasteiger partial charge >= 0.3 is 0 Å². The van der Waals surface area contributed by atoms with Crippen molar-refractivity contribution in [3.8, 4) is 21.7 Å². The zero-order valence-corrected chi connectivity index (χ0v) is 15.9. The molecule has 0 saturated heterocycles. The summed E-state index contributed by atoms with van der Waals surface area (Å²) in [6.45, 7) is 1.97. The Morgan fingerprint density at radius 3 is 2.68 bits per heavy atom. The third-order valence-electron chi connectivity index (χ3n) is 4.42. The number of aryl methyl sites for hydroxylation is 1. The predicted molar refractivity (Wildman–Crippen MR) is 113 cm³/mol. The number of anilines is 2. The van der Waals surface area contributed by atoms with Crippen LogP contribution < -0.4 is 5.32 Å². The molecule has 4 heterocycles. The van der Waals surface area contributed by atoms with Crippen LogP contribution in [0.1, 0.15) is 5.69 Å². The van der Waals surface area contributed by atoms with Crippen molar-refractivity contribution in [2.45, 2.75) is 6.92 Å². The van der Waals surface area contributed by atoms with Crippen molar-refractivity contribution >= 4 is 33.2 Å². The van der Waals surface area contributed by atoms with Gasteiger partial charge in [0.1, 0.15) is 11.5 Å². The van der Waals surface area contributed by atoms with Crippen LogP contribution in [0.4, 0.5) is 10.9 Å². The minimum Gasteiger partial charge on any atom is -0.316 e. The molecule has 6 nitrogen and oxygen atoms in total. The van der Waals surface area contributed by atoms with Gasteiger partial charge in [0.25, 0.3) is 0 Å². The van der Waals surface area contributed by atoms with Gasteiger partial charge < -0.3 is 5.32 Å². The summed E-state index contributed by atoms with van der Waals surface area (Å²) < 4.78 is 0. The first-order chi connectivity index (χ1) is 13.8. The van der Waals surface area contributed by atoms with Crippen LogP contribution in [0.5, 0.6) is 0 Å². The third kappa shape index (κ3) is 3.12. The Bertz CT molecular complexity index is 1260. The lowest BCUT2D eigenvalue weighted by Gasteiger charge is -2.02. The first kappa shape index (κ1) is 16.6. The topological polar surface area (TPSA) is 79.4 Å². The Hall–Kier alpha value is -3.58. The third-order valence-corrected chi connectivity index (χ3v) is 5.38. The fourth-order valence-corrected chi connectivity index (χ4v) is 3.90. The lowest BCUT2D eigenvalue weighted by molar-refractivity contribution is 1.12. The average molecular weight is 384 g/mol. The van der Waals surface area contributed by atoms with Gasteiger partial charge in [-0.1, -0.05) is 41.7 Å². The molecule has 5 rings (SSSR count). The fourth-order valence-electron chi connectivity index (χ4n) is 3.07. The summed E-state index contributed by atoms with van der Waals surface area (Å²) in [7, 11) is 0. The van der Waals surface area contributed by atoms with E-state index in [1.807, 2.05) is 55.7 Å². The molecule has 0 amide bonds. The number of rotatable bonds is 4. The summed E-state index contributed by atoms with van der Waals surface area (Å²) >= 11 is 1.59. The van der Waals surface area contributed by atoms with E-state index < -0.39 is 0 Å². The lowest BCUT2D eigenvalue weighted by atomic mass is 10.1. The Kier molecular flexibility index (Phi) is 4.06. The second kappa shape index (κ2) is 6.86. The quantitative estimate of drug-likeness (QED) is 0.445. The molecule has 0 radical (unpaired) electrons. The summed E-state index contributed by atoms with van der Waals surface area (Å²) in [5.74, 6) is 0.725. The number of nitrogens with zero attached hydrogens (tertiary/aromatic N) is 4. The first-order valence-electron chi connectivity index (χ1n) is 8.82. The molecule has 4 aromatic heterocycles. The molecule has 136 valence electrons. The van der Waals surface area contributed by atoms with E-state index in [0.29, 0.717) is 0 Å². The molecule has 7 heteroatoms. The van der Waals surface area contributed by atoms with Crippen LogP contribution in [-0.4, -0.2) is 25.1 Å². The number of aromatic amines is 1. The van der Waals surface area contributed by atoms with Crippen molar-refractivity contribution in [2.24, 2.45) is 0 Å². The SMILES string of the molecule is Cc1cc(-c2n[nH]c3cc(Nc4ncc(-c5ccccc5)s4)ncc23)ccn1. The van der Waals surface area contributed by atoms with Gasteiger partial charge in [-0.05, 0) is 24.6 Å². The molecule has 0 atom stereocenters. The van der Waals surface area contributed by atoms with Crippen molar-refractivity contribution in [2.75, 3.05) is 5.32 Å². The van der Waals surface area contributed by atoms with Crippen molar-refractivity contribution in [1.29, 1.82) is 0 Å². The van der Waals surface area contributed by atoms with Gasteiger partial charge in [-0.3, -0.25) is 10.1 Å². The van der Waals surface area contributed by atoms with Gasteiger partial charge in [0.15, 0.2) is 5.13 Å². The molecule has 0 spiro atoms. The highest BCUT2D eigenvalue weighted by atomic mass is 32.1. The van der Waals surface area contributed by atoms with Crippen molar-refractivity contribution < 1.29 is 0 Å². The molecule has 0 fully saturated rings. The number of hydrogen-bond acceptors (Lipinski definition) is 6. The zero-order chi connectivity index (χ0) is 18.9. The summed E-state index contributed by atoms with van der Waals surface area (Å²) in [5.41, 5.74) is 4.93. The minimum absolute atomic E-state index is 0.725. The normalized spacial score (nSPS) is 11.0. The van der Waals surface area contributed by atoms with E-state index in [1.165, 1.54) is 0 Å². The van der Waals surface area contributed by atoms with Crippen LogP contribution in [0, 0.1) is 6.92 Å². The number of hydrogen-bond donors (Lipinski definition) is 2. The Balaban J connectivity index is 1.43. The number of benzene rings is 1. The number of nitrogens with one attached hydrogen (secondary N) is 2. The molecule has 0 aliphatic rings. The van der Waals surface area contributed by atoms with Gasteiger partial charge in [0.2, 0.25) is 0 Å². The zero-order valence-electron chi connectivity index (χ0n) is 15.0. The van der Waals surface area contributed by atoms with Crippen molar-refractivity contribution in [3.05, 3.63) is 72.8 Å².